The van der Waals surface area contributed by atoms with Crippen LogP contribution >= 0.6 is 22.6 Å². The van der Waals surface area contributed by atoms with Gasteiger partial charge in [-0.05, 0) is 36.4 Å². The fourth-order valence-electron chi connectivity index (χ4n) is 0.785. The highest BCUT2D eigenvalue weighted by molar-refractivity contribution is 14.1. The third-order valence-electron chi connectivity index (χ3n) is 1.24. The van der Waals surface area contributed by atoms with Crippen LogP contribution in [0.3, 0.4) is 0 Å². The first kappa shape index (κ1) is 13.2. The van der Waals surface area contributed by atoms with Crippen molar-refractivity contribution in [3.05, 3.63) is 0 Å². The van der Waals surface area contributed by atoms with Crippen LogP contribution < -0.4 is 5.32 Å². The molecular weight excluding hydrogens is 281 g/mol. The van der Waals surface area contributed by atoms with Gasteiger partial charge in [0.2, 0.25) is 0 Å². The first-order valence-corrected chi connectivity index (χ1v) is 5.53. The SMILES string of the molecule is CC(C)NCCC(=O)OC(C)(C)I. The Labute approximate surface area is 93.7 Å². The molecule has 0 amide bonds. The first-order valence-electron chi connectivity index (χ1n) is 4.45. The van der Waals surface area contributed by atoms with Crippen LogP contribution in [0.2, 0.25) is 0 Å². The summed E-state index contributed by atoms with van der Waals surface area (Å²) in [5.74, 6) is -0.146. The number of hydrogen-bond acceptors (Lipinski definition) is 3. The van der Waals surface area contributed by atoms with E-state index in [1.54, 1.807) is 0 Å². The van der Waals surface area contributed by atoms with Crippen molar-refractivity contribution in [3.63, 3.8) is 0 Å². The summed E-state index contributed by atoms with van der Waals surface area (Å²) >= 11 is 2.09. The number of carbonyl (C=O) groups is 1. The highest BCUT2D eigenvalue weighted by Crippen LogP contribution is 2.18. The molecule has 0 heterocycles. The van der Waals surface area contributed by atoms with Crippen LogP contribution in [0.4, 0.5) is 0 Å². The number of alkyl halides is 1. The Morgan fingerprint density at radius 2 is 2.08 bits per heavy atom. The average molecular weight is 299 g/mol. The second-order valence-electron chi connectivity index (χ2n) is 3.70. The van der Waals surface area contributed by atoms with E-state index < -0.39 is 3.61 Å². The summed E-state index contributed by atoms with van der Waals surface area (Å²) in [6.45, 7) is 8.51. The lowest BCUT2D eigenvalue weighted by molar-refractivity contribution is -0.148. The van der Waals surface area contributed by atoms with Gasteiger partial charge in [-0.3, -0.25) is 4.79 Å². The van der Waals surface area contributed by atoms with Crippen LogP contribution in [-0.4, -0.2) is 22.2 Å². The molecule has 0 rings (SSSR count). The van der Waals surface area contributed by atoms with E-state index in [-0.39, 0.29) is 5.97 Å². The molecule has 0 saturated carbocycles. The highest BCUT2D eigenvalue weighted by Gasteiger charge is 2.17. The Bertz CT molecular complexity index is 163. The van der Waals surface area contributed by atoms with Crippen molar-refractivity contribution in [1.82, 2.24) is 5.32 Å². The van der Waals surface area contributed by atoms with Crippen molar-refractivity contribution < 1.29 is 9.53 Å². The summed E-state index contributed by atoms with van der Waals surface area (Å²) in [5, 5.41) is 3.16. The van der Waals surface area contributed by atoms with Gasteiger partial charge in [0.05, 0.1) is 6.42 Å². The number of ether oxygens (including phenoxy) is 1. The highest BCUT2D eigenvalue weighted by atomic mass is 127. The minimum Gasteiger partial charge on any atom is -0.449 e. The Balaban J connectivity index is 3.53. The van der Waals surface area contributed by atoms with Crippen LogP contribution in [0.15, 0.2) is 0 Å². The van der Waals surface area contributed by atoms with Crippen LogP contribution in [-0.2, 0) is 9.53 Å². The van der Waals surface area contributed by atoms with Crippen molar-refractivity contribution in [2.75, 3.05) is 6.54 Å². The number of halogens is 1. The van der Waals surface area contributed by atoms with Crippen molar-refractivity contribution in [2.45, 2.75) is 43.8 Å². The minimum absolute atomic E-state index is 0.146. The molecule has 0 radical (unpaired) electrons. The molecule has 1 N–H and O–H groups in total. The number of rotatable bonds is 5. The summed E-state index contributed by atoms with van der Waals surface area (Å²) < 4.78 is 4.73. The molecule has 0 aromatic carbocycles. The molecule has 0 aromatic rings. The fraction of sp³-hybridized carbons (Fsp3) is 0.889. The number of esters is 1. The molecule has 0 atom stereocenters. The van der Waals surface area contributed by atoms with E-state index in [0.29, 0.717) is 19.0 Å². The van der Waals surface area contributed by atoms with E-state index in [9.17, 15) is 4.79 Å². The Morgan fingerprint density at radius 3 is 2.46 bits per heavy atom. The largest absolute Gasteiger partial charge is 0.449 e. The van der Waals surface area contributed by atoms with Gasteiger partial charge in [-0.15, -0.1) is 0 Å². The van der Waals surface area contributed by atoms with Crippen molar-refractivity contribution in [3.8, 4) is 0 Å². The van der Waals surface area contributed by atoms with Crippen molar-refractivity contribution in [1.29, 1.82) is 0 Å². The molecule has 0 aliphatic carbocycles. The van der Waals surface area contributed by atoms with E-state index in [1.165, 1.54) is 0 Å². The number of nitrogens with one attached hydrogen (secondary N) is 1. The topological polar surface area (TPSA) is 38.3 Å². The van der Waals surface area contributed by atoms with Gasteiger partial charge in [0.25, 0.3) is 0 Å². The zero-order chi connectivity index (χ0) is 10.5. The second-order valence-corrected chi connectivity index (χ2v) is 6.29. The second kappa shape index (κ2) is 5.80. The molecule has 0 aliphatic heterocycles. The van der Waals surface area contributed by atoms with Gasteiger partial charge < -0.3 is 10.1 Å². The van der Waals surface area contributed by atoms with Gasteiger partial charge in [0.1, 0.15) is 0 Å². The number of carbonyl (C=O) groups excluding carboxylic acids is 1. The average Bonchev–Trinajstić information content (AvgIpc) is 1.81. The molecule has 4 heteroatoms. The standard InChI is InChI=1S/C9H18INO2/c1-7(2)11-6-5-8(12)13-9(3,4)10/h7,11H,5-6H2,1-4H3. The van der Waals surface area contributed by atoms with Crippen LogP contribution in [0.5, 0.6) is 0 Å². The molecule has 0 unspecified atom stereocenters. The van der Waals surface area contributed by atoms with Crippen LogP contribution in [0, 0.1) is 0 Å². The van der Waals surface area contributed by atoms with Gasteiger partial charge in [-0.2, -0.15) is 0 Å². The molecule has 0 aliphatic rings. The maximum atomic E-state index is 11.2. The van der Waals surface area contributed by atoms with Gasteiger partial charge in [-0.25, -0.2) is 0 Å². The normalized spacial score (nSPS) is 11.8. The third-order valence-corrected chi connectivity index (χ3v) is 1.46. The Kier molecular flexibility index (Phi) is 5.87. The summed E-state index contributed by atoms with van der Waals surface area (Å²) in [7, 11) is 0. The van der Waals surface area contributed by atoms with E-state index >= 15 is 0 Å². The fourth-order valence-corrected chi connectivity index (χ4v) is 1.03. The Hall–Kier alpha value is 0.160. The van der Waals surface area contributed by atoms with Gasteiger partial charge in [0, 0.05) is 12.6 Å². The molecule has 0 fully saturated rings. The molecular formula is C9H18INO2. The molecule has 0 bridgehead atoms. The predicted octanol–water partition coefficient (Wildman–Crippen LogP) is 2.09. The lowest BCUT2D eigenvalue weighted by atomic mass is 10.3. The van der Waals surface area contributed by atoms with Crippen LogP contribution in [0.25, 0.3) is 0 Å². The molecule has 0 saturated heterocycles. The molecule has 13 heavy (non-hydrogen) atoms. The maximum absolute atomic E-state index is 11.2. The summed E-state index contributed by atoms with van der Waals surface area (Å²) in [6.07, 6.45) is 0.435. The lowest BCUT2D eigenvalue weighted by Crippen LogP contribution is -2.28. The first-order chi connectivity index (χ1) is 5.81. The van der Waals surface area contributed by atoms with E-state index in [0.717, 1.165) is 0 Å². The zero-order valence-corrected chi connectivity index (χ0v) is 10.8. The number of hydrogen-bond donors (Lipinski definition) is 1. The van der Waals surface area contributed by atoms with Gasteiger partial charge in [0.15, 0.2) is 3.61 Å². The predicted molar refractivity (Wildman–Crippen MR) is 61.9 cm³/mol. The quantitative estimate of drug-likeness (QED) is 0.480. The smallest absolute Gasteiger partial charge is 0.308 e. The zero-order valence-electron chi connectivity index (χ0n) is 8.69. The van der Waals surface area contributed by atoms with Crippen molar-refractivity contribution >= 4 is 28.6 Å². The van der Waals surface area contributed by atoms with E-state index in [4.69, 9.17) is 4.74 Å². The van der Waals surface area contributed by atoms with E-state index in [1.807, 2.05) is 27.7 Å². The van der Waals surface area contributed by atoms with Gasteiger partial charge in [-0.1, -0.05) is 13.8 Å². The van der Waals surface area contributed by atoms with Crippen LogP contribution in [0.1, 0.15) is 34.1 Å². The van der Waals surface area contributed by atoms with Gasteiger partial charge >= 0.3 is 5.97 Å². The summed E-state index contributed by atoms with van der Waals surface area (Å²) in [5.41, 5.74) is 0. The van der Waals surface area contributed by atoms with E-state index in [2.05, 4.69) is 27.9 Å². The monoisotopic (exact) mass is 299 g/mol. The summed E-state index contributed by atoms with van der Waals surface area (Å²) in [6, 6.07) is 0.417. The Morgan fingerprint density at radius 1 is 1.54 bits per heavy atom. The molecule has 3 nitrogen and oxygen atoms in total. The maximum Gasteiger partial charge on any atom is 0.308 e. The van der Waals surface area contributed by atoms with Crippen molar-refractivity contribution in [2.24, 2.45) is 0 Å². The molecule has 78 valence electrons. The molecule has 0 spiro atoms. The lowest BCUT2D eigenvalue weighted by Gasteiger charge is -2.17. The summed E-state index contributed by atoms with van der Waals surface area (Å²) in [4.78, 5) is 11.2. The third kappa shape index (κ3) is 10.1. The molecule has 0 aromatic heterocycles. The minimum atomic E-state index is -0.396.